The van der Waals surface area contributed by atoms with Crippen LogP contribution in [0.5, 0.6) is 0 Å². The standard InChI is InChI=1S/C20H21ClN4O3.C10H13N/c1-12-8-15(4-7-28-12)23-20-22-10-17(21)18(24-20)13-2-3-14-11-25(5-6-26)19(27)16(14)9-13;1-11-7-6-9-4-2-3-5-10(9)8-11/h2-3,6,9-10,12,15H,4-5,7-8,11H2,1H3,(H,22,23,24);2-5H,6-8H2,1H3. The molecule has 2 unspecified atom stereocenters. The average molecular weight is 548 g/mol. The Morgan fingerprint density at radius 2 is 1.97 bits per heavy atom. The summed E-state index contributed by atoms with van der Waals surface area (Å²) in [4.78, 5) is 36.0. The molecule has 3 aliphatic heterocycles. The molecule has 0 aliphatic carbocycles. The molecule has 1 aromatic heterocycles. The number of carbonyl (C=O) groups excluding carboxylic acids is 2. The number of likely N-dealkylation sites (N-methyl/N-ethyl adjacent to an activating group) is 1. The van der Waals surface area contributed by atoms with E-state index in [4.69, 9.17) is 16.3 Å². The van der Waals surface area contributed by atoms with Gasteiger partial charge in [0.25, 0.3) is 5.91 Å². The minimum absolute atomic E-state index is 0.0920. The van der Waals surface area contributed by atoms with E-state index in [1.165, 1.54) is 29.0 Å². The van der Waals surface area contributed by atoms with E-state index < -0.39 is 0 Å². The predicted octanol–water partition coefficient (Wildman–Crippen LogP) is 4.61. The third kappa shape index (κ3) is 6.46. The second-order valence-corrected chi connectivity index (χ2v) is 10.8. The van der Waals surface area contributed by atoms with Gasteiger partial charge in [0, 0.05) is 43.4 Å². The number of anilines is 1. The van der Waals surface area contributed by atoms with E-state index in [1.54, 1.807) is 12.3 Å². The number of fused-ring (bicyclic) bond motifs is 2. The lowest BCUT2D eigenvalue weighted by Crippen LogP contribution is -2.33. The first-order chi connectivity index (χ1) is 18.9. The van der Waals surface area contributed by atoms with Crippen LogP contribution in [0.4, 0.5) is 5.95 Å². The Morgan fingerprint density at radius 1 is 1.15 bits per heavy atom. The fourth-order valence-corrected chi connectivity index (χ4v) is 5.53. The molecule has 3 aromatic rings. The molecule has 1 amide bonds. The van der Waals surface area contributed by atoms with Crippen molar-refractivity contribution in [2.45, 2.75) is 51.4 Å². The highest BCUT2D eigenvalue weighted by molar-refractivity contribution is 6.33. The van der Waals surface area contributed by atoms with Gasteiger partial charge < -0.3 is 24.6 Å². The molecule has 0 saturated carbocycles. The quantitative estimate of drug-likeness (QED) is 0.467. The van der Waals surface area contributed by atoms with Crippen molar-refractivity contribution in [3.05, 3.63) is 75.9 Å². The van der Waals surface area contributed by atoms with Gasteiger partial charge in [0.15, 0.2) is 0 Å². The molecule has 8 nitrogen and oxygen atoms in total. The van der Waals surface area contributed by atoms with Gasteiger partial charge in [-0.3, -0.25) is 4.79 Å². The molecule has 9 heteroatoms. The molecule has 0 radical (unpaired) electrons. The number of aldehydes is 1. The van der Waals surface area contributed by atoms with Crippen molar-refractivity contribution in [1.29, 1.82) is 0 Å². The van der Waals surface area contributed by atoms with Crippen molar-refractivity contribution in [1.82, 2.24) is 19.8 Å². The van der Waals surface area contributed by atoms with Gasteiger partial charge in [-0.2, -0.15) is 0 Å². The molecule has 1 saturated heterocycles. The second-order valence-electron chi connectivity index (χ2n) is 10.4. The summed E-state index contributed by atoms with van der Waals surface area (Å²) < 4.78 is 5.58. The molecule has 2 aromatic carbocycles. The molecule has 2 atom stereocenters. The highest BCUT2D eigenvalue weighted by atomic mass is 35.5. The summed E-state index contributed by atoms with van der Waals surface area (Å²) >= 11 is 6.35. The van der Waals surface area contributed by atoms with Gasteiger partial charge in [-0.25, -0.2) is 9.97 Å². The van der Waals surface area contributed by atoms with Crippen molar-refractivity contribution in [2.24, 2.45) is 0 Å². The Labute approximate surface area is 234 Å². The van der Waals surface area contributed by atoms with Crippen molar-refractivity contribution < 1.29 is 14.3 Å². The number of nitrogens with one attached hydrogen (secondary N) is 1. The lowest BCUT2D eigenvalue weighted by molar-refractivity contribution is -0.108. The normalized spacial score (nSPS) is 20.5. The summed E-state index contributed by atoms with van der Waals surface area (Å²) in [6, 6.07) is 14.5. The third-order valence-electron chi connectivity index (χ3n) is 7.44. The SMILES string of the molecule is CC1CC(Nc2ncc(Cl)c(-c3ccc4c(c3)C(=O)N(CC=O)C4)n2)CCO1.CN1CCc2ccccc2C1. The zero-order valence-corrected chi connectivity index (χ0v) is 23.2. The summed E-state index contributed by atoms with van der Waals surface area (Å²) in [7, 11) is 2.18. The lowest BCUT2D eigenvalue weighted by Gasteiger charge is -2.28. The third-order valence-corrected chi connectivity index (χ3v) is 7.72. The maximum Gasteiger partial charge on any atom is 0.254 e. The fourth-order valence-electron chi connectivity index (χ4n) is 5.33. The maximum absolute atomic E-state index is 12.5. The fraction of sp³-hybridized carbons (Fsp3) is 0.400. The number of rotatable bonds is 5. The first-order valence-corrected chi connectivity index (χ1v) is 13.8. The summed E-state index contributed by atoms with van der Waals surface area (Å²) in [5.74, 6) is 0.358. The molecule has 39 heavy (non-hydrogen) atoms. The number of carbonyl (C=O) groups is 2. The number of amides is 1. The first-order valence-electron chi connectivity index (χ1n) is 13.4. The van der Waals surface area contributed by atoms with Crippen LogP contribution in [0, 0.1) is 0 Å². The largest absolute Gasteiger partial charge is 0.378 e. The minimum atomic E-state index is -0.149. The number of nitrogens with zero attached hydrogens (tertiary/aromatic N) is 4. The molecule has 1 fully saturated rings. The van der Waals surface area contributed by atoms with Crippen molar-refractivity contribution in [3.63, 3.8) is 0 Å². The topological polar surface area (TPSA) is 87.7 Å². The number of benzene rings is 2. The summed E-state index contributed by atoms with van der Waals surface area (Å²) in [6.45, 7) is 5.63. The van der Waals surface area contributed by atoms with Crippen LogP contribution >= 0.6 is 11.6 Å². The minimum Gasteiger partial charge on any atom is -0.378 e. The van der Waals surface area contributed by atoms with Gasteiger partial charge in [-0.1, -0.05) is 48.0 Å². The maximum atomic E-state index is 12.5. The van der Waals surface area contributed by atoms with E-state index in [-0.39, 0.29) is 24.6 Å². The predicted molar refractivity (Wildman–Crippen MR) is 152 cm³/mol. The van der Waals surface area contributed by atoms with Crippen LogP contribution in [0.15, 0.2) is 48.7 Å². The van der Waals surface area contributed by atoms with Crippen molar-refractivity contribution in [3.8, 4) is 11.3 Å². The number of halogens is 1. The van der Waals surface area contributed by atoms with Gasteiger partial charge in [0.2, 0.25) is 5.95 Å². The molecule has 0 spiro atoms. The summed E-state index contributed by atoms with van der Waals surface area (Å²) in [5.41, 5.74) is 5.84. The molecule has 204 valence electrons. The van der Waals surface area contributed by atoms with E-state index in [2.05, 4.69) is 58.4 Å². The van der Waals surface area contributed by atoms with Gasteiger partial charge in [-0.15, -0.1) is 0 Å². The number of hydrogen-bond acceptors (Lipinski definition) is 7. The van der Waals surface area contributed by atoms with Crippen LogP contribution in [0.2, 0.25) is 5.02 Å². The van der Waals surface area contributed by atoms with Gasteiger partial charge in [-0.05, 0) is 56.0 Å². The lowest BCUT2D eigenvalue weighted by atomic mass is 10.0. The summed E-state index contributed by atoms with van der Waals surface area (Å²) in [6.07, 6.45) is 5.51. The average Bonchev–Trinajstić information content (AvgIpc) is 3.24. The van der Waals surface area contributed by atoms with Gasteiger partial charge in [0.1, 0.15) is 6.29 Å². The van der Waals surface area contributed by atoms with E-state index in [0.29, 0.717) is 35.4 Å². The summed E-state index contributed by atoms with van der Waals surface area (Å²) in [5, 5.41) is 3.78. The monoisotopic (exact) mass is 547 g/mol. The molecule has 1 N–H and O–H groups in total. The second kappa shape index (κ2) is 12.2. The van der Waals surface area contributed by atoms with Crippen LogP contribution < -0.4 is 5.32 Å². The Hall–Kier alpha value is -3.33. The van der Waals surface area contributed by atoms with E-state index >= 15 is 0 Å². The van der Waals surface area contributed by atoms with Crippen LogP contribution in [0.3, 0.4) is 0 Å². The number of aromatic nitrogens is 2. The zero-order valence-electron chi connectivity index (χ0n) is 22.4. The smallest absolute Gasteiger partial charge is 0.254 e. The Kier molecular flexibility index (Phi) is 8.55. The van der Waals surface area contributed by atoms with E-state index in [1.807, 2.05) is 12.1 Å². The molecular weight excluding hydrogens is 514 g/mol. The van der Waals surface area contributed by atoms with Crippen molar-refractivity contribution in [2.75, 3.05) is 32.1 Å². The Balaban J connectivity index is 0.000000233. The van der Waals surface area contributed by atoms with Gasteiger partial charge in [0.05, 0.1) is 29.6 Å². The molecule has 0 bridgehead atoms. The van der Waals surface area contributed by atoms with E-state index in [9.17, 15) is 9.59 Å². The molecule has 6 rings (SSSR count). The molecule has 4 heterocycles. The van der Waals surface area contributed by atoms with Crippen LogP contribution in [-0.2, 0) is 29.0 Å². The molecule has 3 aliphatic rings. The zero-order chi connectivity index (χ0) is 27.4. The van der Waals surface area contributed by atoms with Gasteiger partial charge >= 0.3 is 0 Å². The number of ether oxygens (including phenoxy) is 1. The molecular formula is C30H34ClN5O3. The van der Waals surface area contributed by atoms with Crippen LogP contribution in [-0.4, -0.2) is 70.9 Å². The highest BCUT2D eigenvalue weighted by Crippen LogP contribution is 2.31. The van der Waals surface area contributed by atoms with Crippen LogP contribution in [0.1, 0.15) is 46.8 Å². The number of hydrogen-bond donors (Lipinski definition) is 1. The first kappa shape index (κ1) is 27.2. The van der Waals surface area contributed by atoms with Crippen LogP contribution in [0.25, 0.3) is 11.3 Å². The Morgan fingerprint density at radius 3 is 2.77 bits per heavy atom. The van der Waals surface area contributed by atoms with Crippen molar-refractivity contribution >= 4 is 29.7 Å². The highest BCUT2D eigenvalue weighted by Gasteiger charge is 2.28. The Bertz CT molecular complexity index is 1350. The van der Waals surface area contributed by atoms with E-state index in [0.717, 1.165) is 36.8 Å².